The third-order valence-electron chi connectivity index (χ3n) is 6.05. The minimum Gasteiger partial charge on any atom is -0.494 e. The average Bonchev–Trinajstić information content (AvgIpc) is 3.33. The molecule has 0 fully saturated rings. The summed E-state index contributed by atoms with van der Waals surface area (Å²) in [7, 11) is 1.41. The van der Waals surface area contributed by atoms with Crippen LogP contribution in [0.5, 0.6) is 5.75 Å². The van der Waals surface area contributed by atoms with E-state index in [4.69, 9.17) is 14.0 Å². The van der Waals surface area contributed by atoms with E-state index < -0.39 is 11.9 Å². The lowest BCUT2D eigenvalue weighted by atomic mass is 9.94. The molecule has 0 spiro atoms. The van der Waals surface area contributed by atoms with Gasteiger partial charge < -0.3 is 19.3 Å². The van der Waals surface area contributed by atoms with Crippen LogP contribution in [0.2, 0.25) is 0 Å². The van der Waals surface area contributed by atoms with E-state index in [1.54, 1.807) is 11.0 Å². The van der Waals surface area contributed by atoms with E-state index in [-0.39, 0.29) is 29.6 Å². The predicted molar refractivity (Wildman–Crippen MR) is 134 cm³/mol. The fraction of sp³-hybridized carbons (Fsp3) is 0.370. The normalized spacial score (nSPS) is 16.0. The van der Waals surface area contributed by atoms with Crippen molar-refractivity contribution in [1.82, 2.24) is 20.4 Å². The second-order valence-corrected chi connectivity index (χ2v) is 8.99. The Kier molecular flexibility index (Phi) is 7.69. The van der Waals surface area contributed by atoms with Crippen LogP contribution in [0.25, 0.3) is 17.0 Å². The van der Waals surface area contributed by atoms with Gasteiger partial charge in [-0.25, -0.2) is 9.18 Å². The highest BCUT2D eigenvalue weighted by Gasteiger charge is 2.35. The van der Waals surface area contributed by atoms with E-state index in [9.17, 15) is 9.18 Å². The average molecular weight is 495 g/mol. The number of urea groups is 1. The minimum atomic E-state index is -0.519. The predicted octanol–water partition coefficient (Wildman–Crippen LogP) is 5.51. The Balaban J connectivity index is 1.71. The number of nitrogens with zero attached hydrogens (tertiary/aromatic N) is 3. The van der Waals surface area contributed by atoms with Crippen molar-refractivity contribution in [2.45, 2.75) is 46.3 Å². The van der Waals surface area contributed by atoms with Gasteiger partial charge in [-0.15, -0.1) is 0 Å². The Labute approximate surface area is 210 Å². The van der Waals surface area contributed by atoms with Crippen LogP contribution in [0.1, 0.15) is 50.3 Å². The summed E-state index contributed by atoms with van der Waals surface area (Å²) in [5, 5.41) is 7.18. The summed E-state index contributed by atoms with van der Waals surface area (Å²) in [6.45, 7) is 8.84. The van der Waals surface area contributed by atoms with Gasteiger partial charge in [-0.1, -0.05) is 35.0 Å². The number of hydrogen-bond acceptors (Lipinski definition) is 6. The number of carbonyl (C=O) groups excluding carboxylic acids is 1. The first kappa shape index (κ1) is 25.4. The number of hydrogen-bond donors (Lipinski definition) is 1. The van der Waals surface area contributed by atoms with Crippen LogP contribution in [0.4, 0.5) is 9.18 Å². The van der Waals surface area contributed by atoms with Crippen molar-refractivity contribution in [2.24, 2.45) is 0 Å². The van der Waals surface area contributed by atoms with E-state index in [0.717, 1.165) is 11.1 Å². The molecule has 1 unspecified atom stereocenters. The van der Waals surface area contributed by atoms with E-state index in [0.29, 0.717) is 36.4 Å². The topological polar surface area (TPSA) is 89.7 Å². The Morgan fingerprint density at radius 3 is 2.58 bits per heavy atom. The maximum absolute atomic E-state index is 14.3. The quantitative estimate of drug-likeness (QED) is 0.395. The molecule has 1 aromatic heterocycles. The molecule has 9 heteroatoms. The molecule has 3 aromatic rings. The Morgan fingerprint density at radius 1 is 1.17 bits per heavy atom. The van der Waals surface area contributed by atoms with Crippen molar-refractivity contribution in [1.29, 1.82) is 0 Å². The molecule has 0 aliphatic carbocycles. The summed E-state index contributed by atoms with van der Waals surface area (Å²) in [6.07, 6.45) is 0.795. The van der Waals surface area contributed by atoms with Crippen LogP contribution >= 0.6 is 0 Å². The lowest BCUT2D eigenvalue weighted by molar-refractivity contribution is 0.0736. The third kappa shape index (κ3) is 5.41. The Hall–Kier alpha value is -3.72. The van der Waals surface area contributed by atoms with Crippen LogP contribution < -0.4 is 10.1 Å². The summed E-state index contributed by atoms with van der Waals surface area (Å²) >= 11 is 0. The Bertz CT molecular complexity index is 1250. The fourth-order valence-corrected chi connectivity index (χ4v) is 4.13. The van der Waals surface area contributed by atoms with Crippen LogP contribution in [0, 0.1) is 12.7 Å². The van der Waals surface area contributed by atoms with Gasteiger partial charge in [0.25, 0.3) is 5.89 Å². The van der Waals surface area contributed by atoms with E-state index in [1.807, 2.05) is 52.0 Å². The van der Waals surface area contributed by atoms with Gasteiger partial charge >= 0.3 is 6.03 Å². The first-order chi connectivity index (χ1) is 17.3. The second-order valence-electron chi connectivity index (χ2n) is 8.99. The summed E-state index contributed by atoms with van der Waals surface area (Å²) in [5.74, 6) is 0.109. The number of nitrogens with one attached hydrogen (secondary N) is 1. The first-order valence-electron chi connectivity index (χ1n) is 11.9. The van der Waals surface area contributed by atoms with E-state index >= 15 is 0 Å². The third-order valence-corrected chi connectivity index (χ3v) is 6.05. The molecule has 2 amide bonds. The van der Waals surface area contributed by atoms with Gasteiger partial charge in [-0.3, -0.25) is 4.90 Å². The summed E-state index contributed by atoms with van der Waals surface area (Å²) in [6, 6.07) is 11.7. The Morgan fingerprint density at radius 2 is 1.92 bits per heavy atom. The molecular weight excluding hydrogens is 463 g/mol. The van der Waals surface area contributed by atoms with Crippen molar-refractivity contribution < 1.29 is 23.2 Å². The monoisotopic (exact) mass is 494 g/mol. The van der Waals surface area contributed by atoms with Crippen molar-refractivity contribution in [3.8, 4) is 17.1 Å². The lowest BCUT2D eigenvalue weighted by Crippen LogP contribution is -2.46. The molecule has 2 aromatic carbocycles. The number of halogens is 1. The molecule has 1 atom stereocenters. The van der Waals surface area contributed by atoms with Crippen LogP contribution in [0.3, 0.4) is 0 Å². The number of aryl methyl sites for hydroxylation is 1. The van der Waals surface area contributed by atoms with Crippen molar-refractivity contribution >= 4 is 11.6 Å². The van der Waals surface area contributed by atoms with E-state index in [2.05, 4.69) is 15.5 Å². The zero-order valence-corrected chi connectivity index (χ0v) is 21.2. The van der Waals surface area contributed by atoms with Crippen molar-refractivity contribution in [2.75, 3.05) is 20.3 Å². The maximum atomic E-state index is 14.3. The summed E-state index contributed by atoms with van der Waals surface area (Å²) < 4.78 is 30.6. The van der Waals surface area contributed by atoms with Crippen LogP contribution in [-0.4, -0.2) is 47.4 Å². The summed E-state index contributed by atoms with van der Waals surface area (Å²) in [4.78, 5) is 19.3. The van der Waals surface area contributed by atoms with Crippen molar-refractivity contribution in [3.63, 3.8) is 0 Å². The molecule has 4 rings (SSSR count). The van der Waals surface area contributed by atoms with Gasteiger partial charge in [0.1, 0.15) is 0 Å². The van der Waals surface area contributed by atoms with Gasteiger partial charge in [0.2, 0.25) is 5.82 Å². The number of rotatable bonds is 9. The number of benzene rings is 2. The fourth-order valence-electron chi connectivity index (χ4n) is 4.13. The van der Waals surface area contributed by atoms with Gasteiger partial charge in [-0.2, -0.15) is 4.98 Å². The highest BCUT2D eigenvalue weighted by Crippen LogP contribution is 2.37. The molecule has 2 heterocycles. The highest BCUT2D eigenvalue weighted by atomic mass is 19.1. The van der Waals surface area contributed by atoms with Gasteiger partial charge in [-0.05, 0) is 57.9 Å². The van der Waals surface area contributed by atoms with Crippen LogP contribution in [-0.2, 0) is 4.74 Å². The highest BCUT2D eigenvalue weighted by molar-refractivity contribution is 5.86. The lowest BCUT2D eigenvalue weighted by Gasteiger charge is -2.35. The molecule has 1 N–H and O–H groups in total. The largest absolute Gasteiger partial charge is 0.494 e. The minimum absolute atomic E-state index is 0.123. The zero-order valence-electron chi connectivity index (χ0n) is 21.2. The smallest absolute Gasteiger partial charge is 0.322 e. The molecule has 0 saturated carbocycles. The van der Waals surface area contributed by atoms with Crippen LogP contribution in [0.15, 0.2) is 52.7 Å². The van der Waals surface area contributed by atoms with Gasteiger partial charge in [0.15, 0.2) is 11.6 Å². The number of carbonyl (C=O) groups is 1. The molecular formula is C27H31FN4O4. The zero-order chi connectivity index (χ0) is 25.8. The molecule has 1 aliphatic heterocycles. The maximum Gasteiger partial charge on any atom is 0.322 e. The van der Waals surface area contributed by atoms with Crippen molar-refractivity contribution in [3.05, 3.63) is 71.0 Å². The van der Waals surface area contributed by atoms with Gasteiger partial charge in [0, 0.05) is 24.4 Å². The number of ether oxygens (including phenoxy) is 2. The number of methoxy groups -OCH3 is 1. The molecule has 0 radical (unpaired) electrons. The standard InChI is InChI=1S/C27H31FN4O4/c1-16(2)35-14-6-13-32-18(4)23(24(29-27(32)33)19-9-7-17(3)8-10-19)26-30-25(31-36-26)20-11-12-22(34-5)21(28)15-20/h7-12,15-16,24H,6,13-14H2,1-5H3,(H,29,33). The van der Waals surface area contributed by atoms with Gasteiger partial charge in [0.05, 0.1) is 24.8 Å². The second kappa shape index (κ2) is 10.9. The molecule has 36 heavy (non-hydrogen) atoms. The molecule has 1 aliphatic rings. The molecule has 8 nitrogen and oxygen atoms in total. The summed E-state index contributed by atoms with van der Waals surface area (Å²) in [5.41, 5.74) is 3.86. The van der Waals surface area contributed by atoms with E-state index in [1.165, 1.54) is 19.2 Å². The SMILES string of the molecule is COc1ccc(-c2noc(C3=C(C)N(CCCOC(C)C)C(=O)NC3c3ccc(C)cc3)n2)cc1F. The molecule has 190 valence electrons. The molecule has 0 saturated heterocycles. The first-order valence-corrected chi connectivity index (χ1v) is 11.9. The number of amides is 2. The molecule has 0 bridgehead atoms. The number of allylic oxidation sites excluding steroid dienone is 1. The number of aromatic nitrogens is 2.